The molecule has 146 valence electrons. The van der Waals surface area contributed by atoms with Crippen molar-refractivity contribution in [1.82, 2.24) is 15.5 Å². The van der Waals surface area contributed by atoms with Crippen molar-refractivity contribution in [2.24, 2.45) is 0 Å². The molecule has 0 radical (unpaired) electrons. The number of hydrogen-bond acceptors (Lipinski definition) is 5. The molecule has 26 heavy (non-hydrogen) atoms. The number of piperazine rings is 1. The van der Waals surface area contributed by atoms with Crippen molar-refractivity contribution >= 4 is 17.5 Å². The lowest BCUT2D eigenvalue weighted by Gasteiger charge is -2.27. The maximum atomic E-state index is 12.5. The fourth-order valence-corrected chi connectivity index (χ4v) is 3.05. The molecule has 0 aromatic heterocycles. The van der Waals surface area contributed by atoms with Crippen LogP contribution in [0.5, 0.6) is 11.5 Å². The molecule has 0 unspecified atom stereocenters. The first-order valence-electron chi connectivity index (χ1n) is 9.46. The number of nitrogens with zero attached hydrogens (tertiary/aromatic N) is 1. The molecule has 2 rings (SSSR count). The van der Waals surface area contributed by atoms with E-state index in [9.17, 15) is 4.79 Å². The van der Waals surface area contributed by atoms with Gasteiger partial charge in [-0.25, -0.2) is 0 Å². The Morgan fingerprint density at radius 3 is 2.73 bits per heavy atom. The molecule has 0 saturated carbocycles. The minimum absolute atomic E-state index is 0.150. The van der Waals surface area contributed by atoms with Gasteiger partial charge in [0.15, 0.2) is 11.5 Å². The van der Waals surface area contributed by atoms with E-state index < -0.39 is 0 Å². The van der Waals surface area contributed by atoms with Gasteiger partial charge in [0, 0.05) is 44.8 Å². The predicted molar refractivity (Wildman–Crippen MR) is 105 cm³/mol. The molecule has 1 aliphatic rings. The summed E-state index contributed by atoms with van der Waals surface area (Å²) in [5, 5.41) is 6.68. The molecule has 6 nitrogen and oxygen atoms in total. The molecule has 1 saturated heterocycles. The maximum absolute atomic E-state index is 12.5. The van der Waals surface area contributed by atoms with Crippen LogP contribution in [0.4, 0.5) is 0 Å². The van der Waals surface area contributed by atoms with E-state index in [1.165, 1.54) is 0 Å². The second-order valence-electron chi connectivity index (χ2n) is 6.27. The van der Waals surface area contributed by atoms with E-state index in [4.69, 9.17) is 21.1 Å². The summed E-state index contributed by atoms with van der Waals surface area (Å²) < 4.78 is 11.4. The van der Waals surface area contributed by atoms with Crippen LogP contribution in [0.25, 0.3) is 0 Å². The Labute approximate surface area is 161 Å². The van der Waals surface area contributed by atoms with E-state index in [0.29, 0.717) is 41.8 Å². The standard InChI is InChI=1S/C19H30ClN3O3/c1-3-5-12-26-18-16(20)13-15(14-17(18)25-4-2)19(24)22-8-11-23-9-6-21-7-10-23/h13-14,21H,3-12H2,1-2H3,(H,22,24). The van der Waals surface area contributed by atoms with Crippen LogP contribution in [0.3, 0.4) is 0 Å². The molecule has 0 bridgehead atoms. The van der Waals surface area contributed by atoms with Crippen molar-refractivity contribution < 1.29 is 14.3 Å². The summed E-state index contributed by atoms with van der Waals surface area (Å²) in [5.41, 5.74) is 0.488. The average molecular weight is 384 g/mol. The molecule has 0 aliphatic carbocycles. The molecular weight excluding hydrogens is 354 g/mol. The topological polar surface area (TPSA) is 62.8 Å². The lowest BCUT2D eigenvalue weighted by Crippen LogP contribution is -2.46. The van der Waals surface area contributed by atoms with Crippen molar-refractivity contribution in [2.75, 3.05) is 52.5 Å². The van der Waals surface area contributed by atoms with Gasteiger partial charge in [-0.3, -0.25) is 9.69 Å². The van der Waals surface area contributed by atoms with Gasteiger partial charge in [0.2, 0.25) is 0 Å². The molecule has 1 aromatic carbocycles. The third-order valence-electron chi connectivity index (χ3n) is 4.24. The van der Waals surface area contributed by atoms with E-state index in [2.05, 4.69) is 22.5 Å². The molecular formula is C19H30ClN3O3. The zero-order valence-electron chi connectivity index (χ0n) is 15.8. The molecule has 1 heterocycles. The number of carbonyl (C=O) groups is 1. The third-order valence-corrected chi connectivity index (χ3v) is 4.52. The fourth-order valence-electron chi connectivity index (χ4n) is 2.79. The number of nitrogens with one attached hydrogen (secondary N) is 2. The molecule has 1 fully saturated rings. The largest absolute Gasteiger partial charge is 0.490 e. The second kappa shape index (κ2) is 11.3. The Bertz CT molecular complexity index is 577. The number of hydrogen-bond donors (Lipinski definition) is 2. The molecule has 7 heteroatoms. The first kappa shape index (κ1) is 20.8. The van der Waals surface area contributed by atoms with Gasteiger partial charge in [0.05, 0.1) is 18.2 Å². The van der Waals surface area contributed by atoms with E-state index in [1.807, 2.05) is 6.92 Å². The van der Waals surface area contributed by atoms with Crippen LogP contribution in [0.2, 0.25) is 5.02 Å². The van der Waals surface area contributed by atoms with E-state index in [-0.39, 0.29) is 5.91 Å². The van der Waals surface area contributed by atoms with Gasteiger partial charge < -0.3 is 20.1 Å². The summed E-state index contributed by atoms with van der Waals surface area (Å²) >= 11 is 6.35. The second-order valence-corrected chi connectivity index (χ2v) is 6.68. The summed E-state index contributed by atoms with van der Waals surface area (Å²) in [6.07, 6.45) is 1.98. The lowest BCUT2D eigenvalue weighted by atomic mass is 10.2. The minimum Gasteiger partial charge on any atom is -0.490 e. The predicted octanol–water partition coefficient (Wildman–Crippen LogP) is 2.55. The average Bonchev–Trinajstić information content (AvgIpc) is 2.64. The van der Waals surface area contributed by atoms with Crippen LogP contribution in [-0.4, -0.2) is 63.3 Å². The first-order chi connectivity index (χ1) is 12.7. The van der Waals surface area contributed by atoms with Gasteiger partial charge in [-0.1, -0.05) is 24.9 Å². The third kappa shape index (κ3) is 6.34. The summed E-state index contributed by atoms with van der Waals surface area (Å²) in [6.45, 7) is 10.5. The summed E-state index contributed by atoms with van der Waals surface area (Å²) in [7, 11) is 0. The van der Waals surface area contributed by atoms with Crippen LogP contribution >= 0.6 is 11.6 Å². The van der Waals surface area contributed by atoms with Crippen molar-refractivity contribution in [3.63, 3.8) is 0 Å². The number of unbranched alkanes of at least 4 members (excludes halogenated alkanes) is 1. The minimum atomic E-state index is -0.150. The lowest BCUT2D eigenvalue weighted by molar-refractivity contribution is 0.0946. The molecule has 0 atom stereocenters. The van der Waals surface area contributed by atoms with Crippen LogP contribution in [-0.2, 0) is 0 Å². The molecule has 1 aromatic rings. The number of carbonyl (C=O) groups excluding carboxylic acids is 1. The van der Waals surface area contributed by atoms with Crippen LogP contribution in [0, 0.1) is 0 Å². The smallest absolute Gasteiger partial charge is 0.251 e. The van der Waals surface area contributed by atoms with Crippen molar-refractivity contribution in [3.05, 3.63) is 22.7 Å². The first-order valence-corrected chi connectivity index (χ1v) is 9.83. The Morgan fingerprint density at radius 1 is 1.27 bits per heavy atom. The zero-order chi connectivity index (χ0) is 18.8. The van der Waals surface area contributed by atoms with Crippen LogP contribution in [0.15, 0.2) is 12.1 Å². The number of amides is 1. The van der Waals surface area contributed by atoms with Crippen LogP contribution < -0.4 is 20.1 Å². The SMILES string of the molecule is CCCCOc1c(Cl)cc(C(=O)NCCN2CCNCC2)cc1OCC. The quantitative estimate of drug-likeness (QED) is 0.608. The number of rotatable bonds is 10. The summed E-state index contributed by atoms with van der Waals surface area (Å²) in [5.74, 6) is 0.880. The van der Waals surface area contributed by atoms with Gasteiger partial charge in [0.25, 0.3) is 5.91 Å². The Balaban J connectivity index is 1.97. The highest BCUT2D eigenvalue weighted by Gasteiger charge is 2.17. The molecule has 1 aliphatic heterocycles. The Kier molecular flexibility index (Phi) is 9.01. The normalized spacial score (nSPS) is 14.9. The number of benzene rings is 1. The van der Waals surface area contributed by atoms with Gasteiger partial charge >= 0.3 is 0 Å². The van der Waals surface area contributed by atoms with Crippen molar-refractivity contribution in [3.8, 4) is 11.5 Å². The highest BCUT2D eigenvalue weighted by Crippen LogP contribution is 2.36. The molecule has 1 amide bonds. The number of halogens is 1. The Morgan fingerprint density at radius 2 is 2.04 bits per heavy atom. The van der Waals surface area contributed by atoms with E-state index in [0.717, 1.165) is 45.6 Å². The van der Waals surface area contributed by atoms with Crippen molar-refractivity contribution in [1.29, 1.82) is 0 Å². The monoisotopic (exact) mass is 383 g/mol. The van der Waals surface area contributed by atoms with Gasteiger partial charge in [-0.2, -0.15) is 0 Å². The van der Waals surface area contributed by atoms with Gasteiger partial charge in [-0.05, 0) is 25.5 Å². The highest BCUT2D eigenvalue weighted by molar-refractivity contribution is 6.32. The van der Waals surface area contributed by atoms with Gasteiger partial charge in [-0.15, -0.1) is 0 Å². The molecule has 0 spiro atoms. The fraction of sp³-hybridized carbons (Fsp3) is 0.632. The highest BCUT2D eigenvalue weighted by atomic mass is 35.5. The van der Waals surface area contributed by atoms with E-state index >= 15 is 0 Å². The Hall–Kier alpha value is -1.50. The zero-order valence-corrected chi connectivity index (χ0v) is 16.5. The maximum Gasteiger partial charge on any atom is 0.251 e. The van der Waals surface area contributed by atoms with Crippen LogP contribution in [0.1, 0.15) is 37.0 Å². The van der Waals surface area contributed by atoms with E-state index in [1.54, 1.807) is 12.1 Å². The summed E-state index contributed by atoms with van der Waals surface area (Å²) in [6, 6.07) is 3.35. The van der Waals surface area contributed by atoms with Crippen molar-refractivity contribution in [2.45, 2.75) is 26.7 Å². The van der Waals surface area contributed by atoms with Gasteiger partial charge in [0.1, 0.15) is 0 Å². The number of ether oxygens (including phenoxy) is 2. The summed E-state index contributed by atoms with van der Waals surface area (Å²) in [4.78, 5) is 14.8. The molecule has 2 N–H and O–H groups in total.